The van der Waals surface area contributed by atoms with Crippen LogP contribution in [0.2, 0.25) is 0 Å². The molecule has 0 saturated carbocycles. The molecule has 2 unspecified atom stereocenters. The molecule has 1 aliphatic rings. The number of benzene rings is 1. The lowest BCUT2D eigenvalue weighted by Gasteiger charge is -2.12. The summed E-state index contributed by atoms with van der Waals surface area (Å²) < 4.78 is 5.54. The van der Waals surface area contributed by atoms with Crippen molar-refractivity contribution >= 4 is 24.0 Å². The van der Waals surface area contributed by atoms with Crippen molar-refractivity contribution in [3.8, 4) is 0 Å². The number of carbonyl (C=O) groups is 1. The van der Waals surface area contributed by atoms with E-state index in [9.17, 15) is 9.90 Å². The Morgan fingerprint density at radius 1 is 1.52 bits per heavy atom. The molecule has 1 amide bonds. The maximum Gasteiger partial charge on any atom is 0.241 e. The zero-order valence-electron chi connectivity index (χ0n) is 12.3. The quantitative estimate of drug-likeness (QED) is 0.773. The first-order valence-electron chi connectivity index (χ1n) is 6.97. The van der Waals surface area contributed by atoms with Gasteiger partial charge >= 0.3 is 0 Å². The molecule has 1 fully saturated rings. The van der Waals surface area contributed by atoms with Crippen LogP contribution in [-0.4, -0.2) is 35.8 Å². The lowest BCUT2D eigenvalue weighted by Crippen LogP contribution is -2.35. The van der Waals surface area contributed by atoms with E-state index in [1.165, 1.54) is 0 Å². The number of halogens is 1. The minimum absolute atomic E-state index is 0. The van der Waals surface area contributed by atoms with Gasteiger partial charge in [0, 0.05) is 12.2 Å². The van der Waals surface area contributed by atoms with Crippen LogP contribution in [0.3, 0.4) is 0 Å². The van der Waals surface area contributed by atoms with E-state index >= 15 is 0 Å². The molecular weight excluding hydrogens is 292 g/mol. The SMILES string of the molecule is CC(C)OCc1cccc(NC(=O)C2CC(O)CN2)c1.Cl. The van der Waals surface area contributed by atoms with Gasteiger partial charge in [0.1, 0.15) is 0 Å². The Kier molecular flexibility index (Phi) is 7.11. The maximum absolute atomic E-state index is 12.0. The summed E-state index contributed by atoms with van der Waals surface area (Å²) in [5, 5.41) is 15.3. The number of hydrogen-bond acceptors (Lipinski definition) is 4. The van der Waals surface area contributed by atoms with Crippen LogP contribution in [0.15, 0.2) is 24.3 Å². The molecule has 3 N–H and O–H groups in total. The van der Waals surface area contributed by atoms with Crippen LogP contribution in [0.1, 0.15) is 25.8 Å². The van der Waals surface area contributed by atoms with E-state index in [0.29, 0.717) is 19.6 Å². The van der Waals surface area contributed by atoms with Crippen molar-refractivity contribution in [3.05, 3.63) is 29.8 Å². The Labute approximate surface area is 131 Å². The van der Waals surface area contributed by atoms with Crippen LogP contribution in [-0.2, 0) is 16.1 Å². The average molecular weight is 315 g/mol. The van der Waals surface area contributed by atoms with Crippen molar-refractivity contribution in [1.29, 1.82) is 0 Å². The Morgan fingerprint density at radius 2 is 2.29 bits per heavy atom. The second-order valence-electron chi connectivity index (χ2n) is 5.40. The second kappa shape index (κ2) is 8.34. The molecule has 1 aliphatic heterocycles. The van der Waals surface area contributed by atoms with Gasteiger partial charge in [0.25, 0.3) is 0 Å². The number of rotatable bonds is 5. The predicted molar refractivity (Wildman–Crippen MR) is 84.7 cm³/mol. The Morgan fingerprint density at radius 3 is 2.90 bits per heavy atom. The van der Waals surface area contributed by atoms with Gasteiger partial charge < -0.3 is 20.5 Å². The summed E-state index contributed by atoms with van der Waals surface area (Å²) in [6.07, 6.45) is 0.205. The average Bonchev–Trinajstić information content (AvgIpc) is 2.84. The van der Waals surface area contributed by atoms with Crippen LogP contribution in [0.4, 0.5) is 5.69 Å². The van der Waals surface area contributed by atoms with Gasteiger partial charge in [0.15, 0.2) is 0 Å². The van der Waals surface area contributed by atoms with Crippen LogP contribution in [0, 0.1) is 0 Å². The number of hydrogen-bond donors (Lipinski definition) is 3. The molecular formula is C15H23ClN2O3. The predicted octanol–water partition coefficient (Wildman–Crippen LogP) is 1.69. The first kappa shape index (κ1) is 17.9. The van der Waals surface area contributed by atoms with Crippen molar-refractivity contribution in [2.45, 2.75) is 45.1 Å². The summed E-state index contributed by atoms with van der Waals surface area (Å²) in [5.41, 5.74) is 1.78. The molecule has 0 aliphatic carbocycles. The van der Waals surface area contributed by atoms with Gasteiger partial charge in [0.05, 0.1) is 24.9 Å². The first-order valence-corrected chi connectivity index (χ1v) is 6.97. The molecule has 118 valence electrons. The van der Waals surface area contributed by atoms with Crippen LogP contribution in [0.5, 0.6) is 0 Å². The van der Waals surface area contributed by atoms with E-state index in [0.717, 1.165) is 11.3 Å². The third-order valence-electron chi connectivity index (χ3n) is 3.20. The molecule has 1 heterocycles. The fraction of sp³-hybridized carbons (Fsp3) is 0.533. The Hall–Kier alpha value is -1.14. The number of nitrogens with one attached hydrogen (secondary N) is 2. The lowest BCUT2D eigenvalue weighted by molar-refractivity contribution is -0.117. The van der Waals surface area contributed by atoms with Crippen molar-refractivity contribution in [2.24, 2.45) is 0 Å². The molecule has 0 radical (unpaired) electrons. The third-order valence-corrected chi connectivity index (χ3v) is 3.20. The summed E-state index contributed by atoms with van der Waals surface area (Å²) in [4.78, 5) is 12.0. The highest BCUT2D eigenvalue weighted by atomic mass is 35.5. The van der Waals surface area contributed by atoms with Gasteiger partial charge in [0.2, 0.25) is 5.91 Å². The third kappa shape index (κ3) is 5.63. The maximum atomic E-state index is 12.0. The van der Waals surface area contributed by atoms with Crippen LogP contribution in [0.25, 0.3) is 0 Å². The van der Waals surface area contributed by atoms with Crippen LogP contribution < -0.4 is 10.6 Å². The standard InChI is InChI=1S/C15H22N2O3.ClH/c1-10(2)20-9-11-4-3-5-12(6-11)17-15(19)14-7-13(18)8-16-14;/h3-6,10,13-14,16,18H,7-9H2,1-2H3,(H,17,19);1H. The number of carbonyl (C=O) groups excluding carboxylic acids is 1. The smallest absolute Gasteiger partial charge is 0.241 e. The van der Waals surface area contributed by atoms with Gasteiger partial charge in [-0.15, -0.1) is 12.4 Å². The monoisotopic (exact) mass is 314 g/mol. The number of amides is 1. The minimum atomic E-state index is -0.434. The van der Waals surface area contributed by atoms with Crippen molar-refractivity contribution in [1.82, 2.24) is 5.32 Å². The number of aliphatic hydroxyl groups excluding tert-OH is 1. The number of β-amino-alcohol motifs (C(OH)–C–C–N with tert-alkyl or cyclic N) is 1. The van der Waals surface area contributed by atoms with Gasteiger partial charge in [-0.1, -0.05) is 12.1 Å². The Balaban J connectivity index is 0.00000220. The molecule has 1 aromatic rings. The van der Waals surface area contributed by atoms with Crippen LogP contribution >= 0.6 is 12.4 Å². The molecule has 1 saturated heterocycles. The van der Waals surface area contributed by atoms with Crippen molar-refractivity contribution < 1.29 is 14.6 Å². The summed E-state index contributed by atoms with van der Waals surface area (Å²) in [5.74, 6) is -0.108. The molecule has 0 spiro atoms. The summed E-state index contributed by atoms with van der Waals surface area (Å²) in [6.45, 7) is 4.98. The summed E-state index contributed by atoms with van der Waals surface area (Å²) in [6, 6.07) is 7.30. The second-order valence-corrected chi connectivity index (χ2v) is 5.40. The lowest BCUT2D eigenvalue weighted by atomic mass is 10.1. The molecule has 6 heteroatoms. The molecule has 2 rings (SSSR count). The molecule has 5 nitrogen and oxygen atoms in total. The first-order chi connectivity index (χ1) is 9.54. The topological polar surface area (TPSA) is 70.6 Å². The zero-order valence-corrected chi connectivity index (χ0v) is 13.2. The van der Waals surface area contributed by atoms with Crippen molar-refractivity contribution in [2.75, 3.05) is 11.9 Å². The molecule has 0 bridgehead atoms. The minimum Gasteiger partial charge on any atom is -0.392 e. The Bertz CT molecular complexity index is 468. The summed E-state index contributed by atoms with van der Waals surface area (Å²) in [7, 11) is 0. The fourth-order valence-electron chi connectivity index (χ4n) is 2.15. The zero-order chi connectivity index (χ0) is 14.5. The summed E-state index contributed by atoms with van der Waals surface area (Å²) >= 11 is 0. The molecule has 2 atom stereocenters. The van der Waals surface area contributed by atoms with E-state index < -0.39 is 6.10 Å². The number of aliphatic hydroxyl groups is 1. The largest absolute Gasteiger partial charge is 0.392 e. The molecule has 21 heavy (non-hydrogen) atoms. The molecule has 0 aromatic heterocycles. The highest BCUT2D eigenvalue weighted by Crippen LogP contribution is 2.14. The molecule has 1 aromatic carbocycles. The number of ether oxygens (including phenoxy) is 1. The van der Waals surface area contributed by atoms with E-state index in [4.69, 9.17) is 4.74 Å². The van der Waals surface area contributed by atoms with Gasteiger partial charge in [-0.3, -0.25) is 4.79 Å². The van der Waals surface area contributed by atoms with Gasteiger partial charge in [-0.2, -0.15) is 0 Å². The number of anilines is 1. The highest BCUT2D eigenvalue weighted by Gasteiger charge is 2.27. The van der Waals surface area contributed by atoms with E-state index in [2.05, 4.69) is 10.6 Å². The normalized spacial score (nSPS) is 21.1. The van der Waals surface area contributed by atoms with Crippen molar-refractivity contribution in [3.63, 3.8) is 0 Å². The highest BCUT2D eigenvalue weighted by molar-refractivity contribution is 5.95. The fourth-order valence-corrected chi connectivity index (χ4v) is 2.15. The van der Waals surface area contributed by atoms with E-state index in [1.54, 1.807) is 0 Å². The van der Waals surface area contributed by atoms with Gasteiger partial charge in [-0.25, -0.2) is 0 Å². The van der Waals surface area contributed by atoms with E-state index in [1.807, 2.05) is 38.1 Å². The van der Waals surface area contributed by atoms with Gasteiger partial charge in [-0.05, 0) is 38.0 Å². The van der Waals surface area contributed by atoms with E-state index in [-0.39, 0.29) is 30.5 Å².